The summed E-state index contributed by atoms with van der Waals surface area (Å²) >= 11 is 0. The average molecular weight is 270 g/mol. The molecule has 0 radical (unpaired) electrons. The van der Waals surface area contributed by atoms with Crippen LogP contribution in [-0.4, -0.2) is 16.1 Å². The van der Waals surface area contributed by atoms with E-state index in [9.17, 15) is 9.59 Å². The van der Waals surface area contributed by atoms with E-state index in [0.717, 1.165) is 17.1 Å². The SMILES string of the molecule is CC(=O)c1c(C(C)=O)c(C)n(-c2ccccc2N)c1C. The van der Waals surface area contributed by atoms with Crippen molar-refractivity contribution in [2.75, 3.05) is 5.73 Å². The predicted octanol–water partition coefficient (Wildman–Crippen LogP) is 3.08. The van der Waals surface area contributed by atoms with Crippen molar-refractivity contribution in [1.29, 1.82) is 0 Å². The Balaban J connectivity index is 2.86. The van der Waals surface area contributed by atoms with Gasteiger partial charge in [-0.3, -0.25) is 9.59 Å². The number of nitrogen functional groups attached to an aromatic ring is 1. The fourth-order valence-corrected chi connectivity index (χ4v) is 2.75. The quantitative estimate of drug-likeness (QED) is 0.688. The van der Waals surface area contributed by atoms with Gasteiger partial charge in [0, 0.05) is 22.5 Å². The maximum absolute atomic E-state index is 11.9. The smallest absolute Gasteiger partial charge is 0.162 e. The molecule has 1 heterocycles. The van der Waals surface area contributed by atoms with Gasteiger partial charge in [-0.2, -0.15) is 0 Å². The molecule has 0 amide bonds. The third-order valence-electron chi connectivity index (χ3n) is 3.53. The summed E-state index contributed by atoms with van der Waals surface area (Å²) in [7, 11) is 0. The molecule has 0 aliphatic rings. The minimum Gasteiger partial charge on any atom is -0.397 e. The van der Waals surface area contributed by atoms with Crippen molar-refractivity contribution >= 4 is 17.3 Å². The summed E-state index contributed by atoms with van der Waals surface area (Å²) in [6.07, 6.45) is 0. The van der Waals surface area contributed by atoms with Gasteiger partial charge in [0.1, 0.15) is 0 Å². The van der Waals surface area contributed by atoms with E-state index in [0.29, 0.717) is 16.8 Å². The molecule has 4 heteroatoms. The maximum Gasteiger partial charge on any atom is 0.162 e. The van der Waals surface area contributed by atoms with E-state index in [4.69, 9.17) is 5.73 Å². The minimum absolute atomic E-state index is 0.107. The molecular formula is C16H18N2O2. The van der Waals surface area contributed by atoms with E-state index in [1.54, 1.807) is 6.07 Å². The van der Waals surface area contributed by atoms with Crippen LogP contribution in [0.15, 0.2) is 24.3 Å². The lowest BCUT2D eigenvalue weighted by Crippen LogP contribution is -2.04. The van der Waals surface area contributed by atoms with Crippen LogP contribution in [0, 0.1) is 13.8 Å². The van der Waals surface area contributed by atoms with Crippen molar-refractivity contribution in [2.45, 2.75) is 27.7 Å². The Hall–Kier alpha value is -2.36. The largest absolute Gasteiger partial charge is 0.397 e. The third-order valence-corrected chi connectivity index (χ3v) is 3.53. The number of aromatic nitrogens is 1. The minimum atomic E-state index is -0.107. The van der Waals surface area contributed by atoms with E-state index in [1.807, 2.05) is 36.6 Å². The zero-order valence-corrected chi connectivity index (χ0v) is 12.2. The molecular weight excluding hydrogens is 252 g/mol. The molecule has 0 saturated heterocycles. The van der Waals surface area contributed by atoms with Crippen molar-refractivity contribution in [1.82, 2.24) is 4.57 Å². The summed E-state index contributed by atoms with van der Waals surface area (Å²) in [5.41, 5.74) is 9.88. The Morgan fingerprint density at radius 2 is 1.40 bits per heavy atom. The van der Waals surface area contributed by atoms with E-state index >= 15 is 0 Å². The molecule has 0 fully saturated rings. The van der Waals surface area contributed by atoms with Crippen molar-refractivity contribution in [3.05, 3.63) is 46.8 Å². The van der Waals surface area contributed by atoms with Gasteiger partial charge < -0.3 is 10.3 Å². The summed E-state index contributed by atoms with van der Waals surface area (Å²) < 4.78 is 1.88. The number of hydrogen-bond donors (Lipinski definition) is 1. The summed E-state index contributed by atoms with van der Waals surface area (Å²) in [6.45, 7) is 6.63. The molecule has 2 rings (SSSR count). The van der Waals surface area contributed by atoms with E-state index < -0.39 is 0 Å². The monoisotopic (exact) mass is 270 g/mol. The molecule has 20 heavy (non-hydrogen) atoms. The van der Waals surface area contributed by atoms with Gasteiger partial charge in [-0.05, 0) is 39.8 Å². The number of carbonyl (C=O) groups is 2. The van der Waals surface area contributed by atoms with Crippen LogP contribution in [0.2, 0.25) is 0 Å². The number of benzene rings is 1. The molecule has 1 aromatic heterocycles. The second-order valence-corrected chi connectivity index (χ2v) is 4.93. The van der Waals surface area contributed by atoms with Gasteiger partial charge in [0.15, 0.2) is 11.6 Å². The first-order chi connectivity index (χ1) is 9.36. The highest BCUT2D eigenvalue weighted by Crippen LogP contribution is 2.29. The number of ketones is 2. The Bertz CT molecular complexity index is 674. The standard InChI is InChI=1S/C16H18N2O2/c1-9-15(11(3)19)16(12(4)20)10(2)18(9)14-8-6-5-7-13(14)17/h5-8H,17H2,1-4H3. The zero-order valence-electron chi connectivity index (χ0n) is 12.2. The molecule has 2 aromatic rings. The molecule has 1 aromatic carbocycles. The Morgan fingerprint density at radius 3 is 1.80 bits per heavy atom. The molecule has 0 aliphatic carbocycles. The van der Waals surface area contributed by atoms with Crippen LogP contribution in [0.3, 0.4) is 0 Å². The lowest BCUT2D eigenvalue weighted by molar-refractivity contribution is 0.0981. The van der Waals surface area contributed by atoms with Crippen LogP contribution in [0.1, 0.15) is 46.0 Å². The highest BCUT2D eigenvalue weighted by molar-refractivity contribution is 6.09. The van der Waals surface area contributed by atoms with Crippen molar-refractivity contribution < 1.29 is 9.59 Å². The number of para-hydroxylation sites is 2. The number of Topliss-reactive ketones (excluding diaryl/α,β-unsaturated/α-hetero) is 2. The molecule has 0 atom stereocenters. The summed E-state index contributed by atoms with van der Waals surface area (Å²) in [5.74, 6) is -0.215. The predicted molar refractivity (Wildman–Crippen MR) is 79.7 cm³/mol. The first-order valence-electron chi connectivity index (χ1n) is 6.45. The van der Waals surface area contributed by atoms with Crippen LogP contribution >= 0.6 is 0 Å². The average Bonchev–Trinajstić information content (AvgIpc) is 2.62. The Labute approximate surface area is 118 Å². The fraction of sp³-hybridized carbons (Fsp3) is 0.250. The molecule has 2 N–H and O–H groups in total. The Morgan fingerprint density at radius 1 is 0.950 bits per heavy atom. The number of hydrogen-bond acceptors (Lipinski definition) is 3. The van der Waals surface area contributed by atoms with Crippen LogP contribution in [0.4, 0.5) is 5.69 Å². The first-order valence-corrected chi connectivity index (χ1v) is 6.45. The summed E-state index contributed by atoms with van der Waals surface area (Å²) in [5, 5.41) is 0. The van der Waals surface area contributed by atoms with Crippen LogP contribution in [0.25, 0.3) is 5.69 Å². The maximum atomic E-state index is 11.9. The molecule has 0 aliphatic heterocycles. The lowest BCUT2D eigenvalue weighted by atomic mass is 10.0. The van der Waals surface area contributed by atoms with Crippen molar-refractivity contribution in [3.8, 4) is 5.69 Å². The number of nitrogens with zero attached hydrogens (tertiary/aromatic N) is 1. The van der Waals surface area contributed by atoms with E-state index in [2.05, 4.69) is 0 Å². The number of carbonyl (C=O) groups excluding carboxylic acids is 2. The van der Waals surface area contributed by atoms with Gasteiger partial charge in [0.25, 0.3) is 0 Å². The van der Waals surface area contributed by atoms with E-state index in [1.165, 1.54) is 13.8 Å². The highest BCUT2D eigenvalue weighted by Gasteiger charge is 2.24. The van der Waals surface area contributed by atoms with Crippen molar-refractivity contribution in [2.24, 2.45) is 0 Å². The fourth-order valence-electron chi connectivity index (χ4n) is 2.75. The topological polar surface area (TPSA) is 65.1 Å². The van der Waals surface area contributed by atoms with E-state index in [-0.39, 0.29) is 11.6 Å². The van der Waals surface area contributed by atoms with Gasteiger partial charge in [-0.15, -0.1) is 0 Å². The number of nitrogens with two attached hydrogens (primary N) is 1. The second kappa shape index (κ2) is 4.96. The summed E-state index contributed by atoms with van der Waals surface area (Å²) in [4.78, 5) is 23.8. The summed E-state index contributed by atoms with van der Waals surface area (Å²) in [6, 6.07) is 7.41. The molecule has 0 saturated carbocycles. The first kappa shape index (κ1) is 14.1. The van der Waals surface area contributed by atoms with Crippen molar-refractivity contribution in [3.63, 3.8) is 0 Å². The van der Waals surface area contributed by atoms with Gasteiger partial charge in [-0.1, -0.05) is 12.1 Å². The molecule has 0 bridgehead atoms. The molecule has 0 spiro atoms. The van der Waals surface area contributed by atoms with Gasteiger partial charge in [-0.25, -0.2) is 0 Å². The highest BCUT2D eigenvalue weighted by atomic mass is 16.1. The van der Waals surface area contributed by atoms with Crippen LogP contribution in [-0.2, 0) is 0 Å². The molecule has 4 nitrogen and oxygen atoms in total. The van der Waals surface area contributed by atoms with Gasteiger partial charge in [0.05, 0.1) is 11.4 Å². The molecule has 104 valence electrons. The normalized spacial score (nSPS) is 10.6. The third kappa shape index (κ3) is 2.03. The number of rotatable bonds is 3. The zero-order chi connectivity index (χ0) is 15.0. The van der Waals surface area contributed by atoms with Crippen LogP contribution in [0.5, 0.6) is 0 Å². The van der Waals surface area contributed by atoms with Crippen LogP contribution < -0.4 is 5.73 Å². The van der Waals surface area contributed by atoms with Gasteiger partial charge in [0.2, 0.25) is 0 Å². The molecule has 0 unspecified atom stereocenters. The second-order valence-electron chi connectivity index (χ2n) is 4.93. The van der Waals surface area contributed by atoms with Gasteiger partial charge >= 0.3 is 0 Å². The Kier molecular flexibility index (Phi) is 3.49. The lowest BCUT2D eigenvalue weighted by Gasteiger charge is -2.12. The number of anilines is 1.